The Morgan fingerprint density at radius 1 is 0.898 bits per heavy atom. The number of benzene rings is 3. The van der Waals surface area contributed by atoms with E-state index in [2.05, 4.69) is 31.0 Å². The highest BCUT2D eigenvalue weighted by atomic mass is 16.5. The lowest BCUT2D eigenvalue weighted by Gasteiger charge is -2.18. The third-order valence-electron chi connectivity index (χ3n) is 8.61. The second-order valence-electron chi connectivity index (χ2n) is 12.4. The fraction of sp³-hybridized carbons (Fsp3) is 0.429. The Bertz CT molecular complexity index is 1680. The van der Waals surface area contributed by atoms with Crippen LogP contribution in [-0.2, 0) is 28.8 Å². The van der Waals surface area contributed by atoms with Gasteiger partial charge >= 0.3 is 5.97 Å². The van der Waals surface area contributed by atoms with Crippen LogP contribution >= 0.6 is 0 Å². The molecule has 7 nitrogen and oxygen atoms in total. The summed E-state index contributed by atoms with van der Waals surface area (Å²) < 4.78 is 17.7. The van der Waals surface area contributed by atoms with Gasteiger partial charge in [-0.15, -0.1) is 0 Å². The first-order chi connectivity index (χ1) is 24.0. The van der Waals surface area contributed by atoms with E-state index in [4.69, 9.17) is 13.9 Å². The highest BCUT2D eigenvalue weighted by molar-refractivity contribution is 6.06. The van der Waals surface area contributed by atoms with E-state index >= 15 is 0 Å². The number of hydrogen-bond donors (Lipinski definition) is 2. The minimum atomic E-state index is -0.470. The molecule has 1 amide bonds. The van der Waals surface area contributed by atoms with Crippen LogP contribution in [0.1, 0.15) is 110 Å². The molecule has 0 spiro atoms. The molecule has 4 rings (SSSR count). The predicted molar refractivity (Wildman–Crippen MR) is 195 cm³/mol. The molecule has 0 fully saturated rings. The summed E-state index contributed by atoms with van der Waals surface area (Å²) in [4.78, 5) is 27.4. The van der Waals surface area contributed by atoms with Gasteiger partial charge in [0.1, 0.15) is 17.1 Å². The molecule has 49 heavy (non-hydrogen) atoms. The predicted octanol–water partition coefficient (Wildman–Crippen LogP) is 8.33. The smallest absolute Gasteiger partial charge is 0.342 e. The molecule has 0 saturated heterocycles. The van der Waals surface area contributed by atoms with E-state index in [0.29, 0.717) is 60.1 Å². The standard InChI is InChI=1S/C42H51NO6/c1-4-6-8-11-19-34-28-32(29-36(33-17-12-9-13-18-33)41(45)43-25-15-26-44)30-37-39(38(49-40(34)37)20-10-7-5-2)42(46)48-27-14-16-31-21-23-35(47-3)24-22-31/h9,12-13,17-18,21-24,28,30,36,44H,4-8,10,14-16,20,25-27,29H2,1-3H3,(H,43,45). The van der Waals surface area contributed by atoms with E-state index in [1.54, 1.807) is 7.11 Å². The van der Waals surface area contributed by atoms with Gasteiger partial charge < -0.3 is 24.3 Å². The van der Waals surface area contributed by atoms with Gasteiger partial charge in [0.2, 0.25) is 5.91 Å². The van der Waals surface area contributed by atoms with Crippen molar-refractivity contribution in [3.8, 4) is 17.6 Å². The molecule has 0 aliphatic rings. The molecule has 0 bridgehead atoms. The summed E-state index contributed by atoms with van der Waals surface area (Å²) in [5.41, 5.74) is 4.68. The van der Waals surface area contributed by atoms with Crippen molar-refractivity contribution in [1.29, 1.82) is 0 Å². The van der Waals surface area contributed by atoms with Crippen LogP contribution in [0.2, 0.25) is 0 Å². The van der Waals surface area contributed by atoms with E-state index < -0.39 is 11.9 Å². The molecule has 1 aromatic heterocycles. The van der Waals surface area contributed by atoms with Crippen molar-refractivity contribution < 1.29 is 28.6 Å². The molecule has 0 saturated carbocycles. The second kappa shape index (κ2) is 20.1. The minimum Gasteiger partial charge on any atom is -0.497 e. The number of hydrogen-bond acceptors (Lipinski definition) is 6. The van der Waals surface area contributed by atoms with Crippen LogP contribution in [-0.4, -0.2) is 43.9 Å². The van der Waals surface area contributed by atoms with E-state index in [-0.39, 0.29) is 19.1 Å². The van der Waals surface area contributed by atoms with Gasteiger partial charge in [-0.25, -0.2) is 4.79 Å². The van der Waals surface area contributed by atoms with Crippen molar-refractivity contribution in [3.05, 3.63) is 100 Å². The lowest BCUT2D eigenvalue weighted by Crippen LogP contribution is -2.31. The first kappa shape index (κ1) is 37.3. The summed E-state index contributed by atoms with van der Waals surface area (Å²) in [5.74, 6) is 7.09. The third-order valence-corrected chi connectivity index (χ3v) is 8.61. The molecule has 0 aliphatic heterocycles. The molecule has 1 unspecified atom stereocenters. The summed E-state index contributed by atoms with van der Waals surface area (Å²) in [6, 6.07) is 21.6. The zero-order valence-corrected chi connectivity index (χ0v) is 29.3. The highest BCUT2D eigenvalue weighted by Crippen LogP contribution is 2.34. The molecule has 0 aliphatic carbocycles. The fourth-order valence-electron chi connectivity index (χ4n) is 5.88. The van der Waals surface area contributed by atoms with Crippen molar-refractivity contribution in [1.82, 2.24) is 5.32 Å². The maximum atomic E-state index is 13.9. The van der Waals surface area contributed by atoms with Crippen molar-refractivity contribution >= 4 is 22.8 Å². The first-order valence-electron chi connectivity index (χ1n) is 17.8. The quantitative estimate of drug-likeness (QED) is 0.0594. The van der Waals surface area contributed by atoms with Crippen LogP contribution < -0.4 is 10.1 Å². The second-order valence-corrected chi connectivity index (χ2v) is 12.4. The highest BCUT2D eigenvalue weighted by Gasteiger charge is 2.26. The van der Waals surface area contributed by atoms with Crippen LogP contribution in [0.25, 0.3) is 11.0 Å². The molecule has 1 atom stereocenters. The van der Waals surface area contributed by atoms with Crippen molar-refractivity contribution in [2.75, 3.05) is 26.9 Å². The number of fused-ring (bicyclic) bond motifs is 1. The Morgan fingerprint density at radius 3 is 2.39 bits per heavy atom. The molecular formula is C42H51NO6. The zero-order chi connectivity index (χ0) is 34.8. The lowest BCUT2D eigenvalue weighted by molar-refractivity contribution is -0.122. The number of furan rings is 1. The number of rotatable bonds is 19. The molecule has 260 valence electrons. The molecule has 3 aromatic carbocycles. The largest absolute Gasteiger partial charge is 0.497 e. The summed E-state index contributed by atoms with van der Waals surface area (Å²) in [6.07, 6.45) is 8.73. The zero-order valence-electron chi connectivity index (χ0n) is 29.3. The number of ether oxygens (including phenoxy) is 2. The third kappa shape index (κ3) is 11.0. The number of aliphatic hydroxyl groups is 1. The van der Waals surface area contributed by atoms with Crippen LogP contribution in [0.15, 0.2) is 71.1 Å². The number of amides is 1. The van der Waals surface area contributed by atoms with Gasteiger partial charge in [0, 0.05) is 31.4 Å². The van der Waals surface area contributed by atoms with Gasteiger partial charge in [-0.05, 0) is 79.5 Å². The maximum absolute atomic E-state index is 13.9. The molecule has 4 aromatic rings. The van der Waals surface area contributed by atoms with Gasteiger partial charge in [-0.3, -0.25) is 4.79 Å². The molecule has 0 radical (unpaired) electrons. The molecule has 2 N–H and O–H groups in total. The summed E-state index contributed by atoms with van der Waals surface area (Å²) >= 11 is 0. The fourth-order valence-corrected chi connectivity index (χ4v) is 5.88. The maximum Gasteiger partial charge on any atom is 0.342 e. The Hall–Kier alpha value is -4.54. The Morgan fingerprint density at radius 2 is 1.67 bits per heavy atom. The van der Waals surface area contributed by atoms with Gasteiger partial charge in [0.05, 0.1) is 25.2 Å². The number of carbonyl (C=O) groups excluding carboxylic acids is 2. The van der Waals surface area contributed by atoms with Crippen molar-refractivity contribution in [2.45, 2.75) is 90.4 Å². The number of nitrogens with one attached hydrogen (secondary N) is 1. The minimum absolute atomic E-state index is 0.00838. The molecule has 1 heterocycles. The lowest BCUT2D eigenvalue weighted by atomic mass is 9.89. The Kier molecular flexibility index (Phi) is 15.3. The van der Waals surface area contributed by atoms with Gasteiger partial charge in [0.15, 0.2) is 5.58 Å². The average molecular weight is 666 g/mol. The van der Waals surface area contributed by atoms with Crippen molar-refractivity contribution in [2.24, 2.45) is 0 Å². The van der Waals surface area contributed by atoms with Crippen LogP contribution in [0.5, 0.6) is 5.75 Å². The van der Waals surface area contributed by atoms with E-state index in [9.17, 15) is 14.7 Å². The molecule has 7 heteroatoms. The van der Waals surface area contributed by atoms with E-state index in [1.807, 2.05) is 66.7 Å². The number of methoxy groups -OCH3 is 1. The van der Waals surface area contributed by atoms with E-state index in [1.165, 1.54) is 0 Å². The van der Waals surface area contributed by atoms with Gasteiger partial charge in [-0.1, -0.05) is 87.4 Å². The van der Waals surface area contributed by atoms with E-state index in [0.717, 1.165) is 67.4 Å². The number of esters is 1. The molecular weight excluding hydrogens is 614 g/mol. The number of carbonyl (C=O) groups is 2. The van der Waals surface area contributed by atoms with Crippen LogP contribution in [0.4, 0.5) is 0 Å². The van der Waals surface area contributed by atoms with Gasteiger partial charge in [-0.2, -0.15) is 0 Å². The Balaban J connectivity index is 1.69. The normalized spacial score (nSPS) is 11.5. The average Bonchev–Trinajstić information content (AvgIpc) is 3.50. The summed E-state index contributed by atoms with van der Waals surface area (Å²) in [6.45, 7) is 4.97. The van der Waals surface area contributed by atoms with Crippen molar-refractivity contribution in [3.63, 3.8) is 0 Å². The number of aliphatic hydroxyl groups excluding tert-OH is 1. The SMILES string of the molecule is CCCCC#Cc1cc(CC(C(=O)NCCCO)c2ccccc2)cc2c(C(=O)OCCCc3ccc(OC)cc3)c(CCCCC)oc12. The monoisotopic (exact) mass is 665 g/mol. The summed E-state index contributed by atoms with van der Waals surface area (Å²) in [7, 11) is 1.65. The topological polar surface area (TPSA) is 98.0 Å². The number of unbranched alkanes of at least 4 members (excludes halogenated alkanes) is 4. The van der Waals surface area contributed by atoms with Crippen LogP contribution in [0, 0.1) is 11.8 Å². The first-order valence-corrected chi connectivity index (χ1v) is 17.8. The van der Waals surface area contributed by atoms with Gasteiger partial charge in [0.25, 0.3) is 0 Å². The summed E-state index contributed by atoms with van der Waals surface area (Å²) in [5, 5.41) is 12.9. The number of aryl methyl sites for hydroxylation is 2. The Labute approximate surface area is 291 Å². The van der Waals surface area contributed by atoms with Crippen LogP contribution in [0.3, 0.4) is 0 Å².